The maximum Gasteiger partial charge on any atom is 0.547 e. The Balaban J connectivity index is 1.51. The average Bonchev–Trinajstić information content (AvgIpc) is 2.67. The molecule has 0 spiro atoms. The lowest BCUT2D eigenvalue weighted by atomic mass is 9.72. The van der Waals surface area contributed by atoms with Gasteiger partial charge in [-0.25, -0.2) is 4.79 Å². The molecule has 5 N–H and O–H groups in total. The highest BCUT2D eigenvalue weighted by Gasteiger charge is 2.38. The number of carboxylic acid groups (broad SMARTS) is 1. The molecule has 2 aliphatic rings. The Labute approximate surface area is 165 Å². The maximum absolute atomic E-state index is 12.5. The van der Waals surface area contributed by atoms with Crippen LogP contribution in [0.4, 0.5) is 0 Å². The minimum absolute atomic E-state index is 0.0164. The topological polar surface area (TPSA) is 125 Å². The Hall–Kier alpha value is -2.10. The van der Waals surface area contributed by atoms with Crippen molar-refractivity contribution in [2.75, 3.05) is 26.2 Å². The number of aromatic carboxylic acids is 1. The normalized spacial score (nSPS) is 20.4. The first-order chi connectivity index (χ1) is 13.5. The van der Waals surface area contributed by atoms with Gasteiger partial charge in [-0.1, -0.05) is 12.1 Å². The van der Waals surface area contributed by atoms with Gasteiger partial charge in [-0.3, -0.25) is 4.79 Å². The average molecular weight is 389 g/mol. The molecule has 8 nitrogen and oxygen atoms in total. The lowest BCUT2D eigenvalue weighted by molar-refractivity contribution is -0.122. The molecule has 0 bridgehead atoms. The van der Waals surface area contributed by atoms with Crippen LogP contribution >= 0.6 is 0 Å². The van der Waals surface area contributed by atoms with E-state index in [9.17, 15) is 19.7 Å². The van der Waals surface area contributed by atoms with Gasteiger partial charge in [0, 0.05) is 6.42 Å². The molecule has 28 heavy (non-hydrogen) atoms. The zero-order valence-electron chi connectivity index (χ0n) is 16.0. The van der Waals surface area contributed by atoms with Crippen LogP contribution in [0.3, 0.4) is 0 Å². The van der Waals surface area contributed by atoms with Gasteiger partial charge in [-0.15, -0.1) is 0 Å². The van der Waals surface area contributed by atoms with Crippen molar-refractivity contribution >= 4 is 19.0 Å². The van der Waals surface area contributed by atoms with Gasteiger partial charge in [0.05, 0.1) is 11.5 Å². The monoisotopic (exact) mass is 389 g/mol. The molecule has 0 radical (unpaired) electrons. The molecule has 1 fully saturated rings. The molecule has 1 atom stereocenters. The van der Waals surface area contributed by atoms with Crippen LogP contribution in [0.15, 0.2) is 18.2 Å². The number of carbonyl (C=O) groups is 2. The summed E-state index contributed by atoms with van der Waals surface area (Å²) in [6.07, 6.45) is 3.71. The lowest BCUT2D eigenvalue weighted by Crippen LogP contribution is -2.53. The summed E-state index contributed by atoms with van der Waals surface area (Å²) in [5.74, 6) is -1.29. The molecule has 2 aliphatic heterocycles. The van der Waals surface area contributed by atoms with Gasteiger partial charge in [0.1, 0.15) is 5.75 Å². The van der Waals surface area contributed by atoms with Crippen LogP contribution in [0.2, 0.25) is 0 Å². The Morgan fingerprint density at radius 1 is 1.32 bits per heavy atom. The number of likely N-dealkylation sites (tertiary alicyclic amines) is 1. The number of hydrogen-bond acceptors (Lipinski definition) is 6. The molecule has 1 amide bonds. The van der Waals surface area contributed by atoms with Gasteiger partial charge in [-0.2, -0.15) is 0 Å². The molecule has 0 aromatic heterocycles. The minimum Gasteiger partial charge on any atom is -0.534 e. The molecule has 1 saturated heterocycles. The smallest absolute Gasteiger partial charge is 0.534 e. The summed E-state index contributed by atoms with van der Waals surface area (Å²) in [6.45, 7) is 3.68. The minimum atomic E-state index is -1.27. The van der Waals surface area contributed by atoms with Gasteiger partial charge < -0.3 is 30.7 Å². The second-order valence-corrected chi connectivity index (χ2v) is 7.62. The summed E-state index contributed by atoms with van der Waals surface area (Å²) in [5, 5.41) is 22.4. The predicted molar refractivity (Wildman–Crippen MR) is 105 cm³/mol. The number of nitrogens with zero attached hydrogens (tertiary/aromatic N) is 1. The first-order valence-corrected chi connectivity index (χ1v) is 9.89. The van der Waals surface area contributed by atoms with Crippen LogP contribution in [0.5, 0.6) is 5.75 Å². The molecule has 1 unspecified atom stereocenters. The van der Waals surface area contributed by atoms with Crippen molar-refractivity contribution in [3.63, 3.8) is 0 Å². The molecule has 1 aromatic carbocycles. The van der Waals surface area contributed by atoms with Crippen molar-refractivity contribution in [3.05, 3.63) is 29.3 Å². The van der Waals surface area contributed by atoms with E-state index >= 15 is 0 Å². The second kappa shape index (κ2) is 9.40. The highest BCUT2D eigenvalue weighted by molar-refractivity contribution is 6.47. The highest BCUT2D eigenvalue weighted by Crippen LogP contribution is 2.30. The standard InChI is InChI=1S/C19H28BN3O5/c21-7-2-8-23-9-5-13(6-10-23)11-17(24)22-16-12-14-3-1-4-15(19(25)26)18(14)28-20(16)27/h1,3-4,13,16,27H,2,5-12,21H2,(H,22,24)(H,25,26). The summed E-state index contributed by atoms with van der Waals surface area (Å²) >= 11 is 0. The van der Waals surface area contributed by atoms with Gasteiger partial charge in [0.15, 0.2) is 0 Å². The molecule has 2 heterocycles. The van der Waals surface area contributed by atoms with E-state index in [1.165, 1.54) is 6.07 Å². The first-order valence-electron chi connectivity index (χ1n) is 9.89. The fraction of sp³-hybridized carbons (Fsp3) is 0.579. The van der Waals surface area contributed by atoms with Gasteiger partial charge >= 0.3 is 13.1 Å². The number of para-hydroxylation sites is 1. The van der Waals surface area contributed by atoms with E-state index in [1.54, 1.807) is 12.1 Å². The molecule has 152 valence electrons. The van der Waals surface area contributed by atoms with E-state index in [0.717, 1.165) is 38.9 Å². The van der Waals surface area contributed by atoms with Crippen LogP contribution in [-0.4, -0.2) is 66.1 Å². The van der Waals surface area contributed by atoms with Crippen molar-refractivity contribution < 1.29 is 24.4 Å². The summed E-state index contributed by atoms with van der Waals surface area (Å²) in [5.41, 5.74) is 6.24. The lowest BCUT2D eigenvalue weighted by Gasteiger charge is -2.32. The Bertz CT molecular complexity index is 709. The molecular weight excluding hydrogens is 361 g/mol. The van der Waals surface area contributed by atoms with Crippen molar-refractivity contribution in [2.24, 2.45) is 11.7 Å². The number of carboxylic acids is 1. The molecule has 0 saturated carbocycles. The Kier molecular flexibility index (Phi) is 6.93. The number of fused-ring (bicyclic) bond motifs is 1. The van der Waals surface area contributed by atoms with Gasteiger partial charge in [0.25, 0.3) is 0 Å². The Morgan fingerprint density at radius 3 is 2.75 bits per heavy atom. The molecule has 1 aromatic rings. The van der Waals surface area contributed by atoms with Crippen molar-refractivity contribution in [3.8, 4) is 5.75 Å². The van der Waals surface area contributed by atoms with E-state index < -0.39 is 19.0 Å². The van der Waals surface area contributed by atoms with Crippen molar-refractivity contribution in [1.29, 1.82) is 0 Å². The zero-order valence-corrected chi connectivity index (χ0v) is 16.0. The number of nitrogens with two attached hydrogens (primary N) is 1. The number of nitrogens with one attached hydrogen (secondary N) is 1. The van der Waals surface area contributed by atoms with E-state index in [1.807, 2.05) is 0 Å². The number of piperidine rings is 1. The van der Waals surface area contributed by atoms with Crippen molar-refractivity contribution in [1.82, 2.24) is 10.2 Å². The molecule has 0 aliphatic carbocycles. The van der Waals surface area contributed by atoms with Crippen LogP contribution in [-0.2, 0) is 11.2 Å². The number of rotatable bonds is 7. The molecule has 9 heteroatoms. The van der Waals surface area contributed by atoms with E-state index in [-0.39, 0.29) is 17.2 Å². The van der Waals surface area contributed by atoms with E-state index in [4.69, 9.17) is 10.4 Å². The molecular formula is C19H28BN3O5. The van der Waals surface area contributed by atoms with E-state index in [0.29, 0.717) is 30.9 Å². The van der Waals surface area contributed by atoms with E-state index in [2.05, 4.69) is 10.2 Å². The number of carbonyl (C=O) groups excluding carboxylic acids is 1. The van der Waals surface area contributed by atoms with Crippen LogP contribution in [0.25, 0.3) is 0 Å². The number of benzene rings is 1. The van der Waals surface area contributed by atoms with Crippen LogP contribution in [0, 0.1) is 5.92 Å². The fourth-order valence-corrected chi connectivity index (χ4v) is 3.97. The summed E-state index contributed by atoms with van der Waals surface area (Å²) < 4.78 is 5.42. The first kappa shape index (κ1) is 20.6. The fourth-order valence-electron chi connectivity index (χ4n) is 3.97. The Morgan fingerprint density at radius 2 is 2.07 bits per heavy atom. The van der Waals surface area contributed by atoms with Gasteiger partial charge in [0.2, 0.25) is 5.91 Å². The van der Waals surface area contributed by atoms with Gasteiger partial charge in [-0.05, 0) is 69.4 Å². The highest BCUT2D eigenvalue weighted by atomic mass is 16.5. The quantitative estimate of drug-likeness (QED) is 0.494. The number of hydrogen-bond donors (Lipinski definition) is 4. The van der Waals surface area contributed by atoms with Crippen LogP contribution in [0.1, 0.15) is 41.6 Å². The third-order valence-corrected chi connectivity index (χ3v) is 5.56. The predicted octanol–water partition coefficient (Wildman–Crippen LogP) is 0.275. The summed E-state index contributed by atoms with van der Waals surface area (Å²) in [4.78, 5) is 26.2. The van der Waals surface area contributed by atoms with Crippen molar-refractivity contribution in [2.45, 2.75) is 38.0 Å². The largest absolute Gasteiger partial charge is 0.547 e. The maximum atomic E-state index is 12.5. The van der Waals surface area contributed by atoms with Crippen LogP contribution < -0.4 is 15.7 Å². The molecule has 3 rings (SSSR count). The second-order valence-electron chi connectivity index (χ2n) is 7.62. The third kappa shape index (κ3) is 5.04. The summed E-state index contributed by atoms with van der Waals surface area (Å²) in [7, 11) is -1.27. The third-order valence-electron chi connectivity index (χ3n) is 5.56. The number of amides is 1. The zero-order chi connectivity index (χ0) is 20.1. The summed E-state index contributed by atoms with van der Waals surface area (Å²) in [6, 6.07) is 4.83. The SMILES string of the molecule is NCCCN1CCC(CC(=O)NC2Cc3cccc(C(=O)O)c3OB2O)CC1.